The van der Waals surface area contributed by atoms with E-state index in [1.165, 1.54) is 18.4 Å². The Morgan fingerprint density at radius 1 is 1.33 bits per heavy atom. The van der Waals surface area contributed by atoms with Crippen LogP contribution >= 0.6 is 0 Å². The third-order valence-electron chi connectivity index (χ3n) is 3.43. The summed E-state index contributed by atoms with van der Waals surface area (Å²) in [5.41, 5.74) is 0.717. The molecule has 0 radical (unpaired) electrons. The van der Waals surface area contributed by atoms with E-state index in [1.54, 1.807) is 12.1 Å². The van der Waals surface area contributed by atoms with Crippen LogP contribution in [0.25, 0.3) is 0 Å². The lowest BCUT2D eigenvalue weighted by atomic mass is 9.95. The third kappa shape index (κ3) is 3.45. The molecule has 1 fully saturated rings. The molecule has 0 aliphatic heterocycles. The highest BCUT2D eigenvalue weighted by Gasteiger charge is 2.28. The minimum atomic E-state index is -2.97. The molecule has 0 heterocycles. The van der Waals surface area contributed by atoms with Crippen molar-refractivity contribution in [2.75, 3.05) is 11.6 Å². The summed E-state index contributed by atoms with van der Waals surface area (Å²) in [6, 6.07) is 6.39. The lowest BCUT2D eigenvalue weighted by molar-refractivity contribution is 0.453. The Morgan fingerprint density at radius 3 is 2.78 bits per heavy atom. The van der Waals surface area contributed by atoms with E-state index in [2.05, 4.69) is 5.32 Å². The topological polar surface area (TPSA) is 46.2 Å². The van der Waals surface area contributed by atoms with Crippen molar-refractivity contribution in [2.45, 2.75) is 37.0 Å². The summed E-state index contributed by atoms with van der Waals surface area (Å²) in [5, 5.41) is 2.95. The number of nitrogens with one attached hydrogen (secondary N) is 1. The van der Waals surface area contributed by atoms with Gasteiger partial charge in [-0.05, 0) is 37.5 Å². The number of anilines is 1. The maximum atomic E-state index is 13.1. The van der Waals surface area contributed by atoms with E-state index in [0.29, 0.717) is 12.1 Å². The maximum Gasteiger partial charge on any atom is 0.150 e. The Kier molecular flexibility index (Phi) is 3.90. The van der Waals surface area contributed by atoms with E-state index in [1.807, 2.05) is 0 Å². The lowest BCUT2D eigenvalue weighted by Gasteiger charge is -2.29. The molecule has 100 valence electrons. The molecule has 0 aromatic heterocycles. The largest absolute Gasteiger partial charge is 0.382 e. The molecular weight excluding hydrogens is 253 g/mol. The zero-order valence-electron chi connectivity index (χ0n) is 10.4. The summed E-state index contributed by atoms with van der Waals surface area (Å²) in [6.07, 6.45) is 4.46. The number of hydrogen-bond acceptors (Lipinski definition) is 3. The van der Waals surface area contributed by atoms with Crippen LogP contribution in [-0.4, -0.2) is 26.0 Å². The number of halogens is 1. The molecule has 3 nitrogen and oxygen atoms in total. The van der Waals surface area contributed by atoms with Crippen LogP contribution in [0.4, 0.5) is 10.1 Å². The van der Waals surface area contributed by atoms with Gasteiger partial charge >= 0.3 is 0 Å². The van der Waals surface area contributed by atoms with Crippen LogP contribution in [0.15, 0.2) is 24.3 Å². The molecule has 2 atom stereocenters. The third-order valence-corrected chi connectivity index (χ3v) is 5.07. The SMILES string of the molecule is CS(=O)(=O)C1CCCC(Nc2cccc(F)c2)C1. The van der Waals surface area contributed by atoms with Gasteiger partial charge in [-0.2, -0.15) is 0 Å². The minimum Gasteiger partial charge on any atom is -0.382 e. The van der Waals surface area contributed by atoms with Crippen molar-refractivity contribution in [2.24, 2.45) is 0 Å². The van der Waals surface area contributed by atoms with Gasteiger partial charge in [-0.3, -0.25) is 0 Å². The summed E-state index contributed by atoms with van der Waals surface area (Å²) in [7, 11) is -2.97. The van der Waals surface area contributed by atoms with Gasteiger partial charge in [-0.25, -0.2) is 12.8 Å². The molecule has 2 rings (SSSR count). The van der Waals surface area contributed by atoms with Crippen molar-refractivity contribution in [3.8, 4) is 0 Å². The fourth-order valence-corrected chi connectivity index (χ4v) is 3.66. The molecular formula is C13H18FNO2S. The molecule has 5 heteroatoms. The molecule has 2 unspecified atom stereocenters. The summed E-state index contributed by atoms with van der Waals surface area (Å²) < 4.78 is 36.2. The highest BCUT2D eigenvalue weighted by molar-refractivity contribution is 7.91. The average Bonchev–Trinajstić information content (AvgIpc) is 2.28. The van der Waals surface area contributed by atoms with Crippen molar-refractivity contribution in [1.82, 2.24) is 0 Å². The highest BCUT2D eigenvalue weighted by atomic mass is 32.2. The second kappa shape index (κ2) is 5.26. The molecule has 0 spiro atoms. The Hall–Kier alpha value is -1.10. The number of rotatable bonds is 3. The van der Waals surface area contributed by atoms with Gasteiger partial charge < -0.3 is 5.32 Å². The van der Waals surface area contributed by atoms with Crippen LogP contribution in [0.2, 0.25) is 0 Å². The maximum absolute atomic E-state index is 13.1. The van der Waals surface area contributed by atoms with Crippen molar-refractivity contribution < 1.29 is 12.8 Å². The van der Waals surface area contributed by atoms with Gasteiger partial charge in [-0.1, -0.05) is 12.5 Å². The predicted molar refractivity (Wildman–Crippen MR) is 70.9 cm³/mol. The average molecular weight is 271 g/mol. The molecule has 1 aliphatic carbocycles. The Bertz CT molecular complexity index is 515. The monoisotopic (exact) mass is 271 g/mol. The number of benzene rings is 1. The lowest BCUT2D eigenvalue weighted by Crippen LogP contribution is -2.34. The van der Waals surface area contributed by atoms with Crippen molar-refractivity contribution in [3.05, 3.63) is 30.1 Å². The number of sulfone groups is 1. The first-order valence-electron chi connectivity index (χ1n) is 6.16. The highest BCUT2D eigenvalue weighted by Crippen LogP contribution is 2.26. The first-order valence-corrected chi connectivity index (χ1v) is 8.11. The van der Waals surface area contributed by atoms with Gasteiger partial charge in [0.1, 0.15) is 15.7 Å². The summed E-state index contributed by atoms with van der Waals surface area (Å²) >= 11 is 0. The quantitative estimate of drug-likeness (QED) is 0.919. The van der Waals surface area contributed by atoms with Crippen molar-refractivity contribution in [1.29, 1.82) is 0 Å². The minimum absolute atomic E-state index is 0.111. The molecule has 1 saturated carbocycles. The van der Waals surface area contributed by atoms with Gasteiger partial charge in [-0.15, -0.1) is 0 Å². The van der Waals surface area contributed by atoms with Crippen LogP contribution < -0.4 is 5.32 Å². The molecule has 18 heavy (non-hydrogen) atoms. The van der Waals surface area contributed by atoms with Gasteiger partial charge in [0, 0.05) is 18.0 Å². The summed E-state index contributed by atoms with van der Waals surface area (Å²) in [4.78, 5) is 0. The van der Waals surface area contributed by atoms with Gasteiger partial charge in [0.25, 0.3) is 0 Å². The summed E-state index contributed by atoms with van der Waals surface area (Å²) in [6.45, 7) is 0. The molecule has 0 bridgehead atoms. The molecule has 1 aromatic rings. The zero-order chi connectivity index (χ0) is 13.2. The van der Waals surface area contributed by atoms with Crippen LogP contribution in [0.5, 0.6) is 0 Å². The van der Waals surface area contributed by atoms with Crippen molar-refractivity contribution in [3.63, 3.8) is 0 Å². The Morgan fingerprint density at radius 2 is 2.11 bits per heavy atom. The molecule has 0 amide bonds. The molecule has 1 aromatic carbocycles. The second-order valence-corrected chi connectivity index (χ2v) is 7.30. The Labute approximate surface area is 107 Å². The fourth-order valence-electron chi connectivity index (χ4n) is 2.48. The molecule has 1 N–H and O–H groups in total. The number of hydrogen-bond donors (Lipinski definition) is 1. The summed E-state index contributed by atoms with van der Waals surface area (Å²) in [5.74, 6) is -0.282. The van der Waals surface area contributed by atoms with Gasteiger partial charge in [0.2, 0.25) is 0 Å². The standard InChI is InChI=1S/C13H18FNO2S/c1-18(16,17)13-7-3-6-12(9-13)15-11-5-2-4-10(14)8-11/h2,4-5,8,12-13,15H,3,6-7,9H2,1H3. The van der Waals surface area contributed by atoms with Crippen molar-refractivity contribution >= 4 is 15.5 Å². The molecule has 0 saturated heterocycles. The van der Waals surface area contributed by atoms with E-state index in [9.17, 15) is 12.8 Å². The van der Waals surface area contributed by atoms with E-state index >= 15 is 0 Å². The fraction of sp³-hybridized carbons (Fsp3) is 0.538. The first-order chi connectivity index (χ1) is 8.45. The zero-order valence-corrected chi connectivity index (χ0v) is 11.2. The molecule has 1 aliphatic rings. The smallest absolute Gasteiger partial charge is 0.150 e. The predicted octanol–water partition coefficient (Wildman–Crippen LogP) is 2.59. The van der Waals surface area contributed by atoms with Crippen LogP contribution in [0, 0.1) is 5.82 Å². The second-order valence-electron chi connectivity index (χ2n) is 4.97. The van der Waals surface area contributed by atoms with E-state index in [4.69, 9.17) is 0 Å². The first kappa shape index (κ1) is 13.3. The van der Waals surface area contributed by atoms with E-state index in [-0.39, 0.29) is 17.1 Å². The normalized spacial score (nSPS) is 24.8. The van der Waals surface area contributed by atoms with Gasteiger partial charge in [0.15, 0.2) is 0 Å². The van der Waals surface area contributed by atoms with Gasteiger partial charge in [0.05, 0.1) is 5.25 Å². The van der Waals surface area contributed by atoms with Crippen LogP contribution in [-0.2, 0) is 9.84 Å². The van der Waals surface area contributed by atoms with E-state index in [0.717, 1.165) is 19.3 Å². The van der Waals surface area contributed by atoms with E-state index < -0.39 is 9.84 Å². The van der Waals surface area contributed by atoms with Crippen LogP contribution in [0.1, 0.15) is 25.7 Å². The Balaban J connectivity index is 2.02. The van der Waals surface area contributed by atoms with Crippen LogP contribution in [0.3, 0.4) is 0 Å².